The fourth-order valence-corrected chi connectivity index (χ4v) is 1.85. The van der Waals surface area contributed by atoms with Gasteiger partial charge in [-0.05, 0) is 38.8 Å². The van der Waals surface area contributed by atoms with E-state index >= 15 is 0 Å². The minimum Gasteiger partial charge on any atom is -0.496 e. The fraction of sp³-hybridized carbons (Fsp3) is 0.500. The molecule has 1 unspecified atom stereocenters. The Morgan fingerprint density at radius 1 is 1.50 bits per heavy atom. The number of methoxy groups -OCH3 is 1. The summed E-state index contributed by atoms with van der Waals surface area (Å²) < 4.78 is 18.8. The topological polar surface area (TPSA) is 46.5 Å². The molecule has 18 heavy (non-hydrogen) atoms. The van der Waals surface area contributed by atoms with Crippen LogP contribution in [0, 0.1) is 5.41 Å². The molecule has 0 fully saturated rings. The molecule has 0 saturated heterocycles. The molecule has 0 radical (unpaired) electrons. The summed E-state index contributed by atoms with van der Waals surface area (Å²) >= 11 is 0. The van der Waals surface area contributed by atoms with Crippen LogP contribution in [0.15, 0.2) is 18.2 Å². The predicted molar refractivity (Wildman–Crippen MR) is 67.6 cm³/mol. The van der Waals surface area contributed by atoms with Crippen molar-refractivity contribution in [3.05, 3.63) is 29.3 Å². The summed E-state index contributed by atoms with van der Waals surface area (Å²) in [4.78, 5) is 11.2. The van der Waals surface area contributed by atoms with Crippen molar-refractivity contribution in [1.29, 1.82) is 0 Å². The molecule has 1 N–H and O–H groups in total. The molecule has 0 aliphatic rings. The van der Waals surface area contributed by atoms with E-state index in [2.05, 4.69) is 0 Å². The number of alkyl halides is 1. The number of carboxylic acid groups (broad SMARTS) is 1. The summed E-state index contributed by atoms with van der Waals surface area (Å²) in [5.41, 5.74) is 0.157. The largest absolute Gasteiger partial charge is 0.496 e. The van der Waals surface area contributed by atoms with Gasteiger partial charge in [-0.2, -0.15) is 0 Å². The molecule has 0 spiro atoms. The highest BCUT2D eigenvalue weighted by atomic mass is 19.1. The highest BCUT2D eigenvalue weighted by molar-refractivity contribution is 5.74. The number of hydrogen-bond acceptors (Lipinski definition) is 2. The van der Waals surface area contributed by atoms with Gasteiger partial charge in [0.15, 0.2) is 0 Å². The Labute approximate surface area is 107 Å². The molecular weight excluding hydrogens is 235 g/mol. The van der Waals surface area contributed by atoms with Gasteiger partial charge in [-0.1, -0.05) is 12.1 Å². The number of carbonyl (C=O) groups is 1. The third-order valence-electron chi connectivity index (χ3n) is 3.02. The Balaban J connectivity index is 3.24. The van der Waals surface area contributed by atoms with Crippen molar-refractivity contribution in [3.63, 3.8) is 0 Å². The van der Waals surface area contributed by atoms with Crippen LogP contribution in [-0.4, -0.2) is 18.2 Å². The third-order valence-corrected chi connectivity index (χ3v) is 3.02. The second-order valence-corrected chi connectivity index (χ2v) is 5.01. The van der Waals surface area contributed by atoms with Crippen LogP contribution in [0.25, 0.3) is 0 Å². The minimum atomic E-state index is -1.15. The summed E-state index contributed by atoms with van der Waals surface area (Å²) in [5.74, 6) is -0.378. The molecule has 1 rings (SSSR count). The van der Waals surface area contributed by atoms with Gasteiger partial charge in [-0.3, -0.25) is 4.79 Å². The maximum Gasteiger partial charge on any atom is 0.309 e. The summed E-state index contributed by atoms with van der Waals surface area (Å²) in [5, 5.41) is 9.16. The first kappa shape index (κ1) is 14.5. The standard InChI is InChI=1S/C14H19FO3/c1-9(15)10-6-5-7-12(18-4)11(10)8-14(2,3)13(16)17/h5-7,9H,8H2,1-4H3,(H,16,17). The SMILES string of the molecule is COc1cccc(C(C)F)c1CC(C)(C)C(=O)O. The van der Waals surface area contributed by atoms with Gasteiger partial charge >= 0.3 is 5.97 Å². The van der Waals surface area contributed by atoms with Crippen LogP contribution in [0.5, 0.6) is 5.75 Å². The molecule has 3 nitrogen and oxygen atoms in total. The highest BCUT2D eigenvalue weighted by Crippen LogP contribution is 2.34. The van der Waals surface area contributed by atoms with E-state index in [9.17, 15) is 9.18 Å². The van der Waals surface area contributed by atoms with Gasteiger partial charge in [0.2, 0.25) is 0 Å². The van der Waals surface area contributed by atoms with Gasteiger partial charge < -0.3 is 9.84 Å². The van der Waals surface area contributed by atoms with Crippen molar-refractivity contribution < 1.29 is 19.0 Å². The number of benzene rings is 1. The number of halogens is 1. The van der Waals surface area contributed by atoms with E-state index in [1.807, 2.05) is 0 Å². The predicted octanol–water partition coefficient (Wildman–Crippen LogP) is 3.38. The Morgan fingerprint density at radius 3 is 2.56 bits per heavy atom. The van der Waals surface area contributed by atoms with Crippen LogP contribution < -0.4 is 4.74 Å². The van der Waals surface area contributed by atoms with E-state index in [1.54, 1.807) is 32.0 Å². The van der Waals surface area contributed by atoms with Crippen molar-refractivity contribution >= 4 is 5.97 Å². The minimum absolute atomic E-state index is 0.232. The molecule has 100 valence electrons. The number of aliphatic carboxylic acids is 1. The van der Waals surface area contributed by atoms with Crippen molar-refractivity contribution in [2.75, 3.05) is 7.11 Å². The zero-order valence-corrected chi connectivity index (χ0v) is 11.2. The van der Waals surface area contributed by atoms with Gasteiger partial charge in [0.05, 0.1) is 12.5 Å². The summed E-state index contributed by atoms with van der Waals surface area (Å²) in [6, 6.07) is 5.10. The lowest BCUT2D eigenvalue weighted by molar-refractivity contribution is -0.146. The number of rotatable bonds is 5. The molecule has 0 bridgehead atoms. The third kappa shape index (κ3) is 3.00. The molecule has 4 heteroatoms. The second kappa shape index (κ2) is 5.38. The first-order valence-corrected chi connectivity index (χ1v) is 5.83. The van der Waals surface area contributed by atoms with Gasteiger partial charge in [0, 0.05) is 5.56 Å². The molecule has 0 aliphatic carbocycles. The van der Waals surface area contributed by atoms with Crippen molar-refractivity contribution in [1.82, 2.24) is 0 Å². The van der Waals surface area contributed by atoms with Crippen molar-refractivity contribution in [3.8, 4) is 5.75 Å². The Morgan fingerprint density at radius 2 is 2.11 bits per heavy atom. The summed E-state index contributed by atoms with van der Waals surface area (Å²) in [7, 11) is 1.50. The average molecular weight is 254 g/mol. The lowest BCUT2D eigenvalue weighted by Crippen LogP contribution is -2.27. The highest BCUT2D eigenvalue weighted by Gasteiger charge is 2.30. The summed E-state index contributed by atoms with van der Waals surface area (Å²) in [6.45, 7) is 4.68. The number of hydrogen-bond donors (Lipinski definition) is 1. The van der Waals surface area contributed by atoms with Gasteiger partial charge in [0.1, 0.15) is 11.9 Å². The maximum absolute atomic E-state index is 13.6. The van der Waals surface area contributed by atoms with Crippen LogP contribution in [0.4, 0.5) is 4.39 Å². The van der Waals surface area contributed by atoms with Crippen LogP contribution in [0.1, 0.15) is 38.1 Å². The molecular formula is C14H19FO3. The Kier molecular flexibility index (Phi) is 4.33. The monoisotopic (exact) mass is 254 g/mol. The van der Waals surface area contributed by atoms with E-state index in [4.69, 9.17) is 9.84 Å². The van der Waals surface area contributed by atoms with Crippen LogP contribution in [0.3, 0.4) is 0 Å². The smallest absolute Gasteiger partial charge is 0.309 e. The average Bonchev–Trinajstić information content (AvgIpc) is 2.28. The number of carboxylic acids is 1. The van der Waals surface area contributed by atoms with Crippen LogP contribution in [0.2, 0.25) is 0 Å². The molecule has 1 aromatic rings. The Hall–Kier alpha value is -1.58. The molecule has 1 atom stereocenters. The first-order valence-electron chi connectivity index (χ1n) is 5.83. The maximum atomic E-state index is 13.6. The van der Waals surface area contributed by atoms with Gasteiger partial charge in [-0.25, -0.2) is 4.39 Å². The molecule has 0 heterocycles. The molecule has 0 aromatic heterocycles. The van der Waals surface area contributed by atoms with E-state index < -0.39 is 17.6 Å². The lowest BCUT2D eigenvalue weighted by atomic mass is 9.83. The first-order chi connectivity index (χ1) is 8.29. The zero-order chi connectivity index (χ0) is 13.9. The zero-order valence-electron chi connectivity index (χ0n) is 11.2. The van der Waals surface area contributed by atoms with E-state index in [1.165, 1.54) is 14.0 Å². The second-order valence-electron chi connectivity index (χ2n) is 5.01. The van der Waals surface area contributed by atoms with Gasteiger partial charge in [-0.15, -0.1) is 0 Å². The van der Waals surface area contributed by atoms with Crippen LogP contribution in [-0.2, 0) is 11.2 Å². The molecule has 0 aliphatic heterocycles. The van der Waals surface area contributed by atoms with E-state index in [0.717, 1.165) is 0 Å². The molecule has 0 saturated carbocycles. The summed E-state index contributed by atoms with van der Waals surface area (Å²) in [6.07, 6.45) is -0.921. The normalized spacial score (nSPS) is 13.2. The quantitative estimate of drug-likeness (QED) is 0.876. The van der Waals surface area contributed by atoms with E-state index in [-0.39, 0.29) is 6.42 Å². The van der Waals surface area contributed by atoms with Crippen LogP contribution >= 0.6 is 0 Å². The molecule has 0 amide bonds. The molecule has 1 aromatic carbocycles. The number of ether oxygens (including phenoxy) is 1. The lowest BCUT2D eigenvalue weighted by Gasteiger charge is -2.23. The van der Waals surface area contributed by atoms with E-state index in [0.29, 0.717) is 16.9 Å². The van der Waals surface area contributed by atoms with Gasteiger partial charge in [0.25, 0.3) is 0 Å². The Bertz CT molecular complexity index is 439. The van der Waals surface area contributed by atoms with Crippen molar-refractivity contribution in [2.24, 2.45) is 5.41 Å². The fourth-order valence-electron chi connectivity index (χ4n) is 1.85. The van der Waals surface area contributed by atoms with Crippen molar-refractivity contribution in [2.45, 2.75) is 33.4 Å².